The molecule has 0 spiro atoms. The Kier molecular flexibility index (Phi) is 8.45. The zero-order chi connectivity index (χ0) is 27.6. The normalized spacial score (nSPS) is 16.5. The maximum Gasteiger partial charge on any atom is 0.251 e. The van der Waals surface area contributed by atoms with Crippen molar-refractivity contribution in [1.82, 2.24) is 4.57 Å². The van der Waals surface area contributed by atoms with Gasteiger partial charge in [0.05, 0.1) is 29.9 Å². The van der Waals surface area contributed by atoms with Gasteiger partial charge in [0, 0.05) is 48.9 Å². The van der Waals surface area contributed by atoms with E-state index in [4.69, 9.17) is 26.8 Å². The van der Waals surface area contributed by atoms with Crippen molar-refractivity contribution >= 4 is 23.3 Å². The number of rotatable bonds is 8. The highest BCUT2D eigenvalue weighted by molar-refractivity contribution is 6.31. The van der Waals surface area contributed by atoms with Gasteiger partial charge in [0.2, 0.25) is 5.91 Å². The quantitative estimate of drug-likeness (QED) is 0.448. The fraction of sp³-hybridized carbons (Fsp3) is 0.345. The van der Waals surface area contributed by atoms with Crippen LogP contribution in [-0.2, 0) is 33.7 Å². The number of nitrogens with zero attached hydrogens (tertiary/aromatic N) is 1. The number of methoxy groups -OCH3 is 1. The summed E-state index contributed by atoms with van der Waals surface area (Å²) >= 11 is 6.11. The van der Waals surface area contributed by atoms with Gasteiger partial charge >= 0.3 is 0 Å². The van der Waals surface area contributed by atoms with Crippen LogP contribution in [0.3, 0.4) is 0 Å². The van der Waals surface area contributed by atoms with Crippen LogP contribution in [0, 0.1) is 5.82 Å². The number of hydrogen-bond donors (Lipinski definition) is 1. The molecule has 3 atom stereocenters. The van der Waals surface area contributed by atoms with Gasteiger partial charge < -0.3 is 19.8 Å². The summed E-state index contributed by atoms with van der Waals surface area (Å²) in [4.78, 5) is 38.4. The minimum atomic E-state index is -0.842. The minimum absolute atomic E-state index is 0.0302. The smallest absolute Gasteiger partial charge is 0.251 e. The Labute approximate surface area is 225 Å². The van der Waals surface area contributed by atoms with Gasteiger partial charge in [-0.05, 0) is 55.2 Å². The van der Waals surface area contributed by atoms with E-state index in [1.54, 1.807) is 36.5 Å². The van der Waals surface area contributed by atoms with E-state index in [1.807, 2.05) is 13.8 Å². The molecule has 0 bridgehead atoms. The number of hydrogen-bond acceptors (Lipinski definition) is 5. The Hall–Kier alpha value is -3.33. The number of benzene rings is 2. The second-order valence-corrected chi connectivity index (χ2v) is 10.1. The average molecular weight is 541 g/mol. The van der Waals surface area contributed by atoms with Crippen molar-refractivity contribution in [3.63, 3.8) is 0 Å². The number of carbonyl (C=O) groups excluding carboxylic acids is 2. The SMILES string of the molecule is CO[C@@H](C)C[C@@H](C(=O)Cc1ccc(C(N)=O)cc1)n1cc2c(cc1=O)-c1c(ccc(Cl)c1F)C[C@@H](C)OC2. The molecule has 0 radical (unpaired) electrons. The van der Waals surface area contributed by atoms with Crippen LogP contribution in [0.4, 0.5) is 4.39 Å². The molecule has 2 N–H and O–H groups in total. The van der Waals surface area contributed by atoms with Gasteiger partial charge in [0.25, 0.3) is 5.56 Å². The largest absolute Gasteiger partial charge is 0.382 e. The number of primary amides is 1. The van der Waals surface area contributed by atoms with Gasteiger partial charge in [-0.15, -0.1) is 0 Å². The topological polar surface area (TPSA) is 101 Å². The first-order chi connectivity index (χ1) is 18.1. The molecule has 0 saturated heterocycles. The third-order valence-electron chi connectivity index (χ3n) is 6.93. The summed E-state index contributed by atoms with van der Waals surface area (Å²) < 4.78 is 28.1. The Morgan fingerprint density at radius 2 is 1.92 bits per heavy atom. The van der Waals surface area contributed by atoms with E-state index in [2.05, 4.69) is 0 Å². The number of amides is 1. The maximum atomic E-state index is 15.3. The van der Waals surface area contributed by atoms with Gasteiger partial charge in [-0.3, -0.25) is 14.4 Å². The van der Waals surface area contributed by atoms with Crippen molar-refractivity contribution in [2.75, 3.05) is 7.11 Å². The summed E-state index contributed by atoms with van der Waals surface area (Å²) in [5.41, 5.74) is 7.83. The van der Waals surface area contributed by atoms with E-state index in [9.17, 15) is 14.4 Å². The van der Waals surface area contributed by atoms with Gasteiger partial charge in [0.15, 0.2) is 5.78 Å². The number of Topliss-reactive ketones (excluding diaryl/α,β-unsaturated/α-hetero) is 1. The molecule has 1 aliphatic heterocycles. The fourth-order valence-electron chi connectivity index (χ4n) is 4.75. The van der Waals surface area contributed by atoms with E-state index in [1.165, 1.54) is 23.8 Å². The molecule has 2 heterocycles. The van der Waals surface area contributed by atoms with E-state index in [-0.39, 0.29) is 48.0 Å². The number of halogens is 2. The van der Waals surface area contributed by atoms with E-state index in [0.29, 0.717) is 34.2 Å². The van der Waals surface area contributed by atoms with Gasteiger partial charge in [0.1, 0.15) is 5.82 Å². The molecule has 0 unspecified atom stereocenters. The lowest BCUT2D eigenvalue weighted by molar-refractivity contribution is -0.122. The third kappa shape index (κ3) is 5.88. The Morgan fingerprint density at radius 1 is 1.21 bits per heavy atom. The van der Waals surface area contributed by atoms with Crippen LogP contribution in [0.25, 0.3) is 11.1 Å². The molecule has 38 heavy (non-hydrogen) atoms. The van der Waals surface area contributed by atoms with E-state index < -0.39 is 23.3 Å². The van der Waals surface area contributed by atoms with Crippen LogP contribution in [-0.4, -0.2) is 35.6 Å². The van der Waals surface area contributed by atoms with Crippen molar-refractivity contribution in [3.8, 4) is 11.1 Å². The van der Waals surface area contributed by atoms with Crippen LogP contribution >= 0.6 is 11.6 Å². The summed E-state index contributed by atoms with van der Waals surface area (Å²) in [6.45, 7) is 3.85. The fourth-order valence-corrected chi connectivity index (χ4v) is 4.91. The number of ether oxygens (including phenoxy) is 2. The first-order valence-electron chi connectivity index (χ1n) is 12.4. The lowest BCUT2D eigenvalue weighted by Crippen LogP contribution is -2.33. The third-order valence-corrected chi connectivity index (χ3v) is 7.22. The molecule has 0 fully saturated rings. The van der Waals surface area contributed by atoms with Crippen LogP contribution < -0.4 is 11.3 Å². The van der Waals surface area contributed by atoms with Crippen molar-refractivity contribution in [1.29, 1.82) is 0 Å². The van der Waals surface area contributed by atoms with Crippen LogP contribution in [0.5, 0.6) is 0 Å². The van der Waals surface area contributed by atoms with Crippen LogP contribution in [0.15, 0.2) is 53.5 Å². The van der Waals surface area contributed by atoms with E-state index in [0.717, 1.165) is 0 Å². The molecule has 9 heteroatoms. The summed E-state index contributed by atoms with van der Waals surface area (Å²) in [7, 11) is 1.54. The Bertz CT molecular complexity index is 1420. The van der Waals surface area contributed by atoms with Gasteiger partial charge in [-0.25, -0.2) is 4.39 Å². The monoisotopic (exact) mass is 540 g/mol. The maximum absolute atomic E-state index is 15.3. The summed E-state index contributed by atoms with van der Waals surface area (Å²) in [5, 5.41) is -0.0302. The van der Waals surface area contributed by atoms with Crippen LogP contribution in [0.1, 0.15) is 53.4 Å². The molecule has 1 aliphatic rings. The molecule has 2 aromatic carbocycles. The van der Waals surface area contributed by atoms with Crippen molar-refractivity contribution in [3.05, 3.63) is 92.1 Å². The van der Waals surface area contributed by atoms with Crippen molar-refractivity contribution in [2.24, 2.45) is 5.73 Å². The highest BCUT2D eigenvalue weighted by Gasteiger charge is 2.28. The summed E-state index contributed by atoms with van der Waals surface area (Å²) in [6, 6.07) is 10.2. The summed E-state index contributed by atoms with van der Waals surface area (Å²) in [6.07, 6.45) is 1.82. The number of ketones is 1. The molecule has 0 aliphatic carbocycles. The number of pyridine rings is 1. The zero-order valence-corrected chi connectivity index (χ0v) is 22.3. The number of nitrogens with two attached hydrogens (primary N) is 1. The molecule has 7 nitrogen and oxygen atoms in total. The molecule has 1 aromatic heterocycles. The molecule has 1 amide bonds. The van der Waals surface area contributed by atoms with Crippen LogP contribution in [0.2, 0.25) is 5.02 Å². The van der Waals surface area contributed by atoms with Gasteiger partial charge in [-0.1, -0.05) is 29.8 Å². The number of fused-ring (bicyclic) bond motifs is 3. The Balaban J connectivity index is 1.78. The standard InChI is InChI=1S/C29H30ClFN2O5/c1-16(37-3)11-24(25(34)12-18-4-6-19(7-5-18)29(32)36)33-14-21-15-38-17(2)10-20-8-9-23(30)28(31)27(20)22(21)13-26(33)35/h4-9,13-14,16-17,24H,10-12,15H2,1-3H3,(H2,32,36)/t16-,17+,24-/m0/s1. The predicted molar refractivity (Wildman–Crippen MR) is 143 cm³/mol. The second-order valence-electron chi connectivity index (χ2n) is 9.68. The first kappa shape index (κ1) is 27.7. The molecular weight excluding hydrogens is 511 g/mol. The number of carbonyl (C=O) groups is 2. The molecular formula is C29H30ClFN2O5. The number of aromatic nitrogens is 1. The highest BCUT2D eigenvalue weighted by atomic mass is 35.5. The highest BCUT2D eigenvalue weighted by Crippen LogP contribution is 2.36. The lowest BCUT2D eigenvalue weighted by Gasteiger charge is -2.26. The predicted octanol–water partition coefficient (Wildman–Crippen LogP) is 4.65. The lowest BCUT2D eigenvalue weighted by atomic mass is 9.91. The molecule has 200 valence electrons. The minimum Gasteiger partial charge on any atom is -0.382 e. The molecule has 3 aromatic rings. The van der Waals surface area contributed by atoms with Crippen molar-refractivity contribution < 1.29 is 23.5 Å². The van der Waals surface area contributed by atoms with E-state index >= 15 is 4.39 Å². The molecule has 4 rings (SSSR count). The van der Waals surface area contributed by atoms with Crippen molar-refractivity contribution in [2.45, 2.75) is 58.0 Å². The Morgan fingerprint density at radius 3 is 2.58 bits per heavy atom. The first-order valence-corrected chi connectivity index (χ1v) is 12.7. The second kappa shape index (κ2) is 11.6. The summed E-state index contributed by atoms with van der Waals surface area (Å²) in [5.74, 6) is -1.35. The zero-order valence-electron chi connectivity index (χ0n) is 21.5. The average Bonchev–Trinajstić information content (AvgIpc) is 2.88. The molecule has 0 saturated carbocycles. The van der Waals surface area contributed by atoms with Gasteiger partial charge in [-0.2, -0.15) is 0 Å².